The van der Waals surface area contributed by atoms with Gasteiger partial charge in [-0.3, -0.25) is 9.58 Å². The van der Waals surface area contributed by atoms with Crippen LogP contribution in [-0.4, -0.2) is 39.9 Å². The predicted octanol–water partition coefficient (Wildman–Crippen LogP) is 2.50. The molecule has 0 radical (unpaired) electrons. The molecule has 1 aliphatic rings. The van der Waals surface area contributed by atoms with Crippen LogP contribution in [0.15, 0.2) is 12.4 Å². The maximum atomic E-state index is 4.39. The molecule has 0 aliphatic carbocycles. The lowest BCUT2D eigenvalue weighted by atomic mass is 9.86. The first-order valence-corrected chi connectivity index (χ1v) is 7.89. The smallest absolute Gasteiger partial charge is 0.0534 e. The molecule has 114 valence electrons. The standard InChI is InChI=1S/C16H30N4/c1-6-20-11-14(9-18-20)10-19-12-15(16(3,4)5)17-8-7-13(19)2/h9,11,13,15,17H,6-8,10,12H2,1-5H3. The summed E-state index contributed by atoms with van der Waals surface area (Å²) in [6.07, 6.45) is 5.41. The van der Waals surface area contributed by atoms with E-state index in [1.54, 1.807) is 0 Å². The Morgan fingerprint density at radius 3 is 2.75 bits per heavy atom. The molecule has 2 unspecified atom stereocenters. The molecule has 0 saturated carbocycles. The number of hydrogen-bond donors (Lipinski definition) is 1. The molecule has 1 aromatic rings. The van der Waals surface area contributed by atoms with Gasteiger partial charge < -0.3 is 5.32 Å². The van der Waals surface area contributed by atoms with Crippen LogP contribution in [0, 0.1) is 5.41 Å². The number of rotatable bonds is 3. The molecular weight excluding hydrogens is 248 g/mol. The van der Waals surface area contributed by atoms with Gasteiger partial charge in [0.15, 0.2) is 0 Å². The Labute approximate surface area is 123 Å². The maximum absolute atomic E-state index is 4.39. The summed E-state index contributed by atoms with van der Waals surface area (Å²) in [5, 5.41) is 8.11. The molecule has 1 saturated heterocycles. The molecule has 1 aromatic heterocycles. The molecule has 0 aromatic carbocycles. The molecule has 1 fully saturated rings. The van der Waals surface area contributed by atoms with Crippen molar-refractivity contribution in [2.75, 3.05) is 13.1 Å². The van der Waals surface area contributed by atoms with Crippen LogP contribution in [-0.2, 0) is 13.1 Å². The van der Waals surface area contributed by atoms with Gasteiger partial charge in [-0.15, -0.1) is 0 Å². The average Bonchev–Trinajstić information content (AvgIpc) is 2.74. The Hall–Kier alpha value is -0.870. The summed E-state index contributed by atoms with van der Waals surface area (Å²) in [5.74, 6) is 0. The summed E-state index contributed by atoms with van der Waals surface area (Å²) in [5.41, 5.74) is 1.63. The lowest BCUT2D eigenvalue weighted by Gasteiger charge is -2.35. The Morgan fingerprint density at radius 2 is 2.15 bits per heavy atom. The molecule has 0 amide bonds. The van der Waals surface area contributed by atoms with Gasteiger partial charge in [0.1, 0.15) is 0 Å². The van der Waals surface area contributed by atoms with Gasteiger partial charge in [0.25, 0.3) is 0 Å². The van der Waals surface area contributed by atoms with Crippen molar-refractivity contribution in [3.63, 3.8) is 0 Å². The highest BCUT2D eigenvalue weighted by Gasteiger charge is 2.30. The highest BCUT2D eigenvalue weighted by Crippen LogP contribution is 2.24. The van der Waals surface area contributed by atoms with E-state index in [-0.39, 0.29) is 0 Å². The van der Waals surface area contributed by atoms with E-state index in [1.165, 1.54) is 12.0 Å². The Bertz CT molecular complexity index is 418. The van der Waals surface area contributed by atoms with Gasteiger partial charge in [0, 0.05) is 43.5 Å². The topological polar surface area (TPSA) is 33.1 Å². The Morgan fingerprint density at radius 1 is 1.40 bits per heavy atom. The van der Waals surface area contributed by atoms with E-state index in [1.807, 2.05) is 10.9 Å². The molecule has 1 N–H and O–H groups in total. The van der Waals surface area contributed by atoms with E-state index in [2.05, 4.69) is 56.1 Å². The van der Waals surface area contributed by atoms with Crippen LogP contribution in [0.3, 0.4) is 0 Å². The number of nitrogens with one attached hydrogen (secondary N) is 1. The van der Waals surface area contributed by atoms with Crippen LogP contribution in [0.2, 0.25) is 0 Å². The van der Waals surface area contributed by atoms with Gasteiger partial charge in [-0.25, -0.2) is 0 Å². The quantitative estimate of drug-likeness (QED) is 0.922. The molecule has 2 atom stereocenters. The second-order valence-corrected chi connectivity index (χ2v) is 7.14. The van der Waals surface area contributed by atoms with Crippen LogP contribution >= 0.6 is 0 Å². The lowest BCUT2D eigenvalue weighted by molar-refractivity contribution is 0.157. The third-order valence-corrected chi connectivity index (χ3v) is 4.44. The molecule has 20 heavy (non-hydrogen) atoms. The summed E-state index contributed by atoms with van der Waals surface area (Å²) in [4.78, 5) is 2.60. The van der Waals surface area contributed by atoms with E-state index >= 15 is 0 Å². The molecule has 1 aliphatic heterocycles. The second-order valence-electron chi connectivity index (χ2n) is 7.14. The fraction of sp³-hybridized carbons (Fsp3) is 0.812. The Kier molecular flexibility index (Phi) is 4.86. The summed E-state index contributed by atoms with van der Waals surface area (Å²) in [6.45, 7) is 15.6. The van der Waals surface area contributed by atoms with Gasteiger partial charge in [-0.05, 0) is 32.2 Å². The zero-order valence-electron chi connectivity index (χ0n) is 13.7. The van der Waals surface area contributed by atoms with Crippen molar-refractivity contribution >= 4 is 0 Å². The van der Waals surface area contributed by atoms with E-state index in [0.717, 1.165) is 26.2 Å². The van der Waals surface area contributed by atoms with Crippen molar-refractivity contribution in [2.24, 2.45) is 5.41 Å². The van der Waals surface area contributed by atoms with E-state index in [0.29, 0.717) is 17.5 Å². The lowest BCUT2D eigenvalue weighted by Crippen LogP contribution is -2.47. The van der Waals surface area contributed by atoms with Crippen LogP contribution in [0.4, 0.5) is 0 Å². The normalized spacial score (nSPS) is 25.6. The number of hydrogen-bond acceptors (Lipinski definition) is 3. The maximum Gasteiger partial charge on any atom is 0.0534 e. The molecule has 2 heterocycles. The van der Waals surface area contributed by atoms with Crippen LogP contribution in [0.25, 0.3) is 0 Å². The highest BCUT2D eigenvalue weighted by molar-refractivity contribution is 5.04. The van der Waals surface area contributed by atoms with Crippen molar-refractivity contribution in [3.05, 3.63) is 18.0 Å². The SMILES string of the molecule is CCn1cc(CN2CC(C(C)(C)C)NCCC2C)cn1. The van der Waals surface area contributed by atoms with Gasteiger partial charge >= 0.3 is 0 Å². The summed E-state index contributed by atoms with van der Waals surface area (Å²) in [7, 11) is 0. The Balaban J connectivity index is 2.06. The third kappa shape index (κ3) is 3.83. The fourth-order valence-corrected chi connectivity index (χ4v) is 2.82. The predicted molar refractivity (Wildman–Crippen MR) is 83.6 cm³/mol. The van der Waals surface area contributed by atoms with Crippen molar-refractivity contribution in [1.29, 1.82) is 0 Å². The number of aryl methyl sites for hydroxylation is 1. The van der Waals surface area contributed by atoms with E-state index in [9.17, 15) is 0 Å². The first kappa shape index (κ1) is 15.5. The molecule has 4 nitrogen and oxygen atoms in total. The van der Waals surface area contributed by atoms with Crippen LogP contribution in [0.1, 0.15) is 46.6 Å². The molecule has 0 bridgehead atoms. The molecular formula is C16H30N4. The van der Waals surface area contributed by atoms with Gasteiger partial charge in [0.05, 0.1) is 6.20 Å². The highest BCUT2D eigenvalue weighted by atomic mass is 15.3. The zero-order valence-corrected chi connectivity index (χ0v) is 13.7. The van der Waals surface area contributed by atoms with Gasteiger partial charge in [-0.1, -0.05) is 20.8 Å². The third-order valence-electron chi connectivity index (χ3n) is 4.44. The summed E-state index contributed by atoms with van der Waals surface area (Å²) >= 11 is 0. The first-order valence-electron chi connectivity index (χ1n) is 7.89. The van der Waals surface area contributed by atoms with Crippen molar-refractivity contribution < 1.29 is 0 Å². The van der Waals surface area contributed by atoms with Crippen LogP contribution in [0.5, 0.6) is 0 Å². The van der Waals surface area contributed by atoms with E-state index in [4.69, 9.17) is 0 Å². The van der Waals surface area contributed by atoms with Crippen LogP contribution < -0.4 is 5.32 Å². The van der Waals surface area contributed by atoms with Crippen molar-refractivity contribution in [2.45, 2.75) is 66.2 Å². The average molecular weight is 278 g/mol. The molecule has 2 rings (SSSR count). The fourth-order valence-electron chi connectivity index (χ4n) is 2.82. The monoisotopic (exact) mass is 278 g/mol. The largest absolute Gasteiger partial charge is 0.312 e. The van der Waals surface area contributed by atoms with Crippen molar-refractivity contribution in [3.8, 4) is 0 Å². The summed E-state index contributed by atoms with van der Waals surface area (Å²) < 4.78 is 2.01. The minimum atomic E-state index is 0.301. The minimum absolute atomic E-state index is 0.301. The first-order chi connectivity index (χ1) is 9.40. The number of aromatic nitrogens is 2. The minimum Gasteiger partial charge on any atom is -0.312 e. The second kappa shape index (κ2) is 6.27. The number of nitrogens with zero attached hydrogens (tertiary/aromatic N) is 3. The molecule has 0 spiro atoms. The summed E-state index contributed by atoms with van der Waals surface area (Å²) in [6, 6.07) is 1.17. The zero-order chi connectivity index (χ0) is 14.8. The van der Waals surface area contributed by atoms with Gasteiger partial charge in [0.2, 0.25) is 0 Å². The van der Waals surface area contributed by atoms with E-state index < -0.39 is 0 Å². The molecule has 4 heteroatoms. The van der Waals surface area contributed by atoms with Crippen molar-refractivity contribution in [1.82, 2.24) is 20.0 Å². The van der Waals surface area contributed by atoms with Gasteiger partial charge in [-0.2, -0.15) is 5.10 Å².